The Balaban J connectivity index is 2.05. The van der Waals surface area contributed by atoms with Gasteiger partial charge in [0, 0.05) is 24.5 Å². The molecule has 1 saturated heterocycles. The molecule has 0 unspecified atom stereocenters. The van der Waals surface area contributed by atoms with E-state index < -0.39 is 10.0 Å². The lowest BCUT2D eigenvalue weighted by molar-refractivity contribution is 0.122. The van der Waals surface area contributed by atoms with E-state index >= 15 is 0 Å². The largest absolute Gasteiger partial charge is 0.301 e. The summed E-state index contributed by atoms with van der Waals surface area (Å²) in [6.07, 6.45) is 3.45. The van der Waals surface area contributed by atoms with Crippen LogP contribution in [-0.4, -0.2) is 49.8 Å². The highest BCUT2D eigenvalue weighted by Crippen LogP contribution is 2.23. The minimum Gasteiger partial charge on any atom is -0.301 e. The minimum atomic E-state index is -3.37. The first kappa shape index (κ1) is 17.2. The average Bonchev–Trinajstić information content (AvgIpc) is 2.53. The van der Waals surface area contributed by atoms with E-state index in [9.17, 15) is 8.42 Å². The molecule has 1 aliphatic heterocycles. The van der Waals surface area contributed by atoms with Crippen molar-refractivity contribution < 1.29 is 8.42 Å². The van der Waals surface area contributed by atoms with E-state index in [1.54, 1.807) is 13.1 Å². The van der Waals surface area contributed by atoms with Crippen molar-refractivity contribution in [1.29, 1.82) is 0 Å². The summed E-state index contributed by atoms with van der Waals surface area (Å²) in [5, 5.41) is 1.32. The fourth-order valence-electron chi connectivity index (χ4n) is 3.03. The topological polar surface area (TPSA) is 40.6 Å². The summed E-state index contributed by atoms with van der Waals surface area (Å²) in [7, 11) is -1.67. The molecule has 0 radical (unpaired) electrons. The van der Waals surface area contributed by atoms with E-state index in [4.69, 9.17) is 0 Å². The van der Waals surface area contributed by atoms with Gasteiger partial charge in [-0.2, -0.15) is 4.31 Å². The summed E-state index contributed by atoms with van der Waals surface area (Å²) < 4.78 is 26.5. The van der Waals surface area contributed by atoms with E-state index in [-0.39, 0.29) is 6.04 Å². The number of piperidine rings is 1. The molecule has 0 saturated carbocycles. The zero-order chi connectivity index (χ0) is 16.2. The van der Waals surface area contributed by atoms with Crippen LogP contribution in [0.4, 0.5) is 0 Å². The first-order valence-electron chi connectivity index (χ1n) is 7.89. The van der Waals surface area contributed by atoms with Crippen molar-refractivity contribution >= 4 is 16.1 Å². The Bertz CT molecular complexity index is 598. The smallest absolute Gasteiger partial charge is 0.236 e. The fraction of sp³-hybridized carbons (Fsp3) is 0.529. The molecule has 0 spiro atoms. The lowest BCUT2D eigenvalue weighted by Crippen LogP contribution is -2.48. The summed E-state index contributed by atoms with van der Waals surface area (Å²) in [6.45, 7) is 6.32. The third-order valence-corrected chi connectivity index (χ3v) is 6.12. The Hall–Kier alpha value is -1.17. The maximum Gasteiger partial charge on any atom is 0.236 e. The molecule has 22 heavy (non-hydrogen) atoms. The minimum absolute atomic E-state index is 0.0863. The monoisotopic (exact) mass is 322 g/mol. The molecule has 1 heterocycles. The molecule has 5 heteroatoms. The Morgan fingerprint density at radius 1 is 1.32 bits per heavy atom. The zero-order valence-corrected chi connectivity index (χ0v) is 14.5. The maximum atomic E-state index is 12.5. The Morgan fingerprint density at radius 2 is 2.00 bits per heavy atom. The third kappa shape index (κ3) is 4.18. The van der Waals surface area contributed by atoms with Gasteiger partial charge in [0.05, 0.1) is 0 Å². The van der Waals surface area contributed by atoms with Gasteiger partial charge >= 0.3 is 0 Å². The van der Waals surface area contributed by atoms with Crippen molar-refractivity contribution in [2.24, 2.45) is 0 Å². The highest BCUT2D eigenvalue weighted by atomic mass is 32.2. The normalized spacial score (nSPS) is 24.2. The van der Waals surface area contributed by atoms with Gasteiger partial charge < -0.3 is 4.90 Å². The highest BCUT2D eigenvalue weighted by Gasteiger charge is 2.31. The summed E-state index contributed by atoms with van der Waals surface area (Å²) in [5.41, 5.74) is 0.897. The molecular weight excluding hydrogens is 296 g/mol. The Kier molecular flexibility index (Phi) is 5.78. The molecule has 0 aliphatic carbocycles. The van der Waals surface area contributed by atoms with Crippen LogP contribution in [0.5, 0.6) is 0 Å². The number of hydrogen-bond donors (Lipinski definition) is 0. The number of hydrogen-bond acceptors (Lipinski definition) is 3. The first-order chi connectivity index (χ1) is 10.4. The first-order valence-corrected chi connectivity index (χ1v) is 9.39. The predicted octanol–water partition coefficient (Wildman–Crippen LogP) is 2.79. The summed E-state index contributed by atoms with van der Waals surface area (Å²) in [4.78, 5) is 2.40. The van der Waals surface area contributed by atoms with Gasteiger partial charge in [0.1, 0.15) is 0 Å². The molecule has 122 valence electrons. The highest BCUT2D eigenvalue weighted by molar-refractivity contribution is 7.92. The number of nitrogens with zero attached hydrogens (tertiary/aromatic N) is 2. The molecule has 0 N–H and O–H groups in total. The van der Waals surface area contributed by atoms with E-state index in [2.05, 4.69) is 18.7 Å². The molecule has 1 aliphatic rings. The van der Waals surface area contributed by atoms with Gasteiger partial charge in [-0.15, -0.1) is 0 Å². The van der Waals surface area contributed by atoms with Crippen molar-refractivity contribution in [3.05, 3.63) is 41.3 Å². The van der Waals surface area contributed by atoms with Crippen LogP contribution in [0, 0.1) is 0 Å². The standard InChI is InChI=1S/C17H26N2O2S/c1-4-19-12-10-17(14-15(19)2)18(3)22(20,21)13-11-16-8-6-5-7-9-16/h5-9,11,13,15,17H,4,10,12,14H2,1-3H3/b13-11-/t15-,17+/m1/s1. The van der Waals surface area contributed by atoms with Gasteiger partial charge in [0.25, 0.3) is 0 Å². The average molecular weight is 322 g/mol. The van der Waals surface area contributed by atoms with Crippen molar-refractivity contribution in [1.82, 2.24) is 9.21 Å². The van der Waals surface area contributed by atoms with Gasteiger partial charge in [0.15, 0.2) is 0 Å². The summed E-state index contributed by atoms with van der Waals surface area (Å²) in [5.74, 6) is 0. The van der Waals surface area contributed by atoms with Crippen molar-refractivity contribution in [3.63, 3.8) is 0 Å². The van der Waals surface area contributed by atoms with E-state index in [0.29, 0.717) is 6.04 Å². The molecular formula is C17H26N2O2S. The summed E-state index contributed by atoms with van der Waals surface area (Å²) in [6, 6.07) is 10.0. The summed E-state index contributed by atoms with van der Waals surface area (Å²) >= 11 is 0. The molecule has 2 rings (SSSR count). The zero-order valence-electron chi connectivity index (χ0n) is 13.6. The van der Waals surface area contributed by atoms with Crippen molar-refractivity contribution in [3.8, 4) is 0 Å². The quantitative estimate of drug-likeness (QED) is 0.837. The van der Waals surface area contributed by atoms with Gasteiger partial charge in [-0.25, -0.2) is 8.42 Å². The van der Waals surface area contributed by atoms with Crippen LogP contribution in [0.3, 0.4) is 0 Å². The Morgan fingerprint density at radius 3 is 2.59 bits per heavy atom. The molecule has 1 aromatic rings. The number of rotatable bonds is 5. The van der Waals surface area contributed by atoms with E-state index in [1.165, 1.54) is 9.71 Å². The Labute approximate surface area is 134 Å². The molecule has 4 nitrogen and oxygen atoms in total. The van der Waals surface area contributed by atoms with Crippen LogP contribution in [0.15, 0.2) is 35.7 Å². The van der Waals surface area contributed by atoms with Crippen molar-refractivity contribution in [2.75, 3.05) is 20.1 Å². The fourth-order valence-corrected chi connectivity index (χ4v) is 4.16. The SMILES string of the molecule is CCN1CC[C@H](N(C)S(=O)(=O)/C=C\c2ccccc2)C[C@H]1C. The molecule has 0 bridgehead atoms. The lowest BCUT2D eigenvalue weighted by Gasteiger charge is -2.39. The van der Waals surface area contributed by atoms with Crippen LogP contribution >= 0.6 is 0 Å². The van der Waals surface area contributed by atoms with Crippen LogP contribution in [0.2, 0.25) is 0 Å². The van der Waals surface area contributed by atoms with Gasteiger partial charge in [0.2, 0.25) is 10.0 Å². The van der Waals surface area contributed by atoms with Crippen LogP contribution in [-0.2, 0) is 10.0 Å². The molecule has 1 aromatic carbocycles. The second kappa shape index (κ2) is 7.40. The third-order valence-electron chi connectivity index (χ3n) is 4.54. The lowest BCUT2D eigenvalue weighted by atomic mass is 9.99. The van der Waals surface area contributed by atoms with Crippen LogP contribution in [0.1, 0.15) is 32.3 Å². The second-order valence-electron chi connectivity index (χ2n) is 5.93. The van der Waals surface area contributed by atoms with Crippen LogP contribution in [0.25, 0.3) is 6.08 Å². The van der Waals surface area contributed by atoms with E-state index in [1.807, 2.05) is 30.3 Å². The molecule has 0 aromatic heterocycles. The number of likely N-dealkylation sites (tertiary alicyclic amines) is 1. The predicted molar refractivity (Wildman–Crippen MR) is 91.9 cm³/mol. The maximum absolute atomic E-state index is 12.5. The van der Waals surface area contributed by atoms with E-state index in [0.717, 1.165) is 31.5 Å². The number of benzene rings is 1. The molecule has 2 atom stereocenters. The molecule has 0 amide bonds. The van der Waals surface area contributed by atoms with Gasteiger partial charge in [-0.05, 0) is 44.5 Å². The van der Waals surface area contributed by atoms with Crippen molar-refractivity contribution in [2.45, 2.75) is 38.8 Å². The molecule has 1 fully saturated rings. The van der Waals surface area contributed by atoms with Gasteiger partial charge in [-0.3, -0.25) is 0 Å². The van der Waals surface area contributed by atoms with Crippen LogP contribution < -0.4 is 0 Å². The van der Waals surface area contributed by atoms with Gasteiger partial charge in [-0.1, -0.05) is 37.3 Å². The second-order valence-corrected chi connectivity index (χ2v) is 7.81. The number of sulfonamides is 1.